The molecule has 0 amide bonds. The van der Waals surface area contributed by atoms with Gasteiger partial charge in [0.2, 0.25) is 0 Å². The van der Waals surface area contributed by atoms with Crippen molar-refractivity contribution in [2.45, 2.75) is 12.7 Å². The molecule has 21 heavy (non-hydrogen) atoms. The van der Waals surface area contributed by atoms with Crippen molar-refractivity contribution in [2.75, 3.05) is 5.32 Å². The van der Waals surface area contributed by atoms with Crippen LogP contribution in [0, 0.1) is 5.82 Å². The maximum Gasteiger partial charge on any atom is 0.416 e. The van der Waals surface area contributed by atoms with Crippen molar-refractivity contribution in [3.8, 4) is 0 Å². The van der Waals surface area contributed by atoms with Gasteiger partial charge in [-0.05, 0) is 30.3 Å². The van der Waals surface area contributed by atoms with Crippen molar-refractivity contribution in [1.29, 1.82) is 0 Å². The molecule has 0 aliphatic heterocycles. The molecule has 0 aliphatic rings. The highest BCUT2D eigenvalue weighted by atomic mass is 79.9. The predicted molar refractivity (Wildman–Crippen MR) is 77.9 cm³/mol. The highest BCUT2D eigenvalue weighted by Gasteiger charge is 2.30. The highest BCUT2D eigenvalue weighted by molar-refractivity contribution is 9.10. The minimum absolute atomic E-state index is 0.0279. The first-order chi connectivity index (χ1) is 9.77. The molecule has 0 spiro atoms. The van der Waals surface area contributed by atoms with E-state index in [1.54, 1.807) is 6.07 Å². The van der Waals surface area contributed by atoms with Crippen molar-refractivity contribution in [3.63, 3.8) is 0 Å². The predicted octanol–water partition coefficient (Wildman–Crippen LogP) is 5.87. The molecule has 0 heterocycles. The number of alkyl halides is 3. The highest BCUT2D eigenvalue weighted by Crippen LogP contribution is 2.34. The van der Waals surface area contributed by atoms with Gasteiger partial charge in [-0.3, -0.25) is 0 Å². The van der Waals surface area contributed by atoms with E-state index in [-0.39, 0.29) is 17.3 Å². The van der Waals surface area contributed by atoms with E-state index in [2.05, 4.69) is 21.2 Å². The van der Waals surface area contributed by atoms with Crippen LogP contribution >= 0.6 is 27.5 Å². The van der Waals surface area contributed by atoms with Gasteiger partial charge in [-0.25, -0.2) is 4.39 Å². The molecule has 7 heteroatoms. The summed E-state index contributed by atoms with van der Waals surface area (Å²) < 4.78 is 52.1. The van der Waals surface area contributed by atoms with E-state index in [0.29, 0.717) is 10.0 Å². The Bertz CT molecular complexity index is 658. The van der Waals surface area contributed by atoms with Gasteiger partial charge in [0.15, 0.2) is 0 Å². The van der Waals surface area contributed by atoms with Crippen molar-refractivity contribution in [3.05, 3.63) is 62.8 Å². The van der Waals surface area contributed by atoms with Crippen LogP contribution in [-0.2, 0) is 12.7 Å². The Morgan fingerprint density at radius 2 is 1.81 bits per heavy atom. The number of halogens is 6. The van der Waals surface area contributed by atoms with Crippen LogP contribution in [0.1, 0.15) is 11.1 Å². The summed E-state index contributed by atoms with van der Waals surface area (Å²) in [5, 5.41) is 2.85. The third-order valence-electron chi connectivity index (χ3n) is 2.78. The van der Waals surface area contributed by atoms with Crippen molar-refractivity contribution < 1.29 is 17.6 Å². The van der Waals surface area contributed by atoms with E-state index in [1.165, 1.54) is 12.1 Å². The van der Waals surface area contributed by atoms with Gasteiger partial charge in [0.1, 0.15) is 5.82 Å². The zero-order chi connectivity index (χ0) is 15.6. The van der Waals surface area contributed by atoms with Crippen LogP contribution in [0.3, 0.4) is 0 Å². The van der Waals surface area contributed by atoms with Crippen LogP contribution in [0.25, 0.3) is 0 Å². The Labute approximate surface area is 132 Å². The number of rotatable bonds is 3. The minimum atomic E-state index is -4.45. The maximum atomic E-state index is 13.6. The lowest BCUT2D eigenvalue weighted by Gasteiger charge is -2.13. The van der Waals surface area contributed by atoms with Gasteiger partial charge in [-0.15, -0.1) is 0 Å². The Balaban J connectivity index is 2.19. The summed E-state index contributed by atoms with van der Waals surface area (Å²) in [7, 11) is 0. The van der Waals surface area contributed by atoms with Gasteiger partial charge in [-0.1, -0.05) is 33.6 Å². The molecule has 2 rings (SSSR count). The molecular formula is C14H9BrClF4N. The number of hydrogen-bond acceptors (Lipinski definition) is 1. The van der Waals surface area contributed by atoms with E-state index >= 15 is 0 Å². The molecule has 0 saturated carbocycles. The first-order valence-corrected chi connectivity index (χ1v) is 6.99. The lowest BCUT2D eigenvalue weighted by Crippen LogP contribution is -2.07. The van der Waals surface area contributed by atoms with E-state index in [4.69, 9.17) is 11.6 Å². The van der Waals surface area contributed by atoms with Crippen molar-refractivity contribution >= 4 is 33.2 Å². The quantitative estimate of drug-likeness (QED) is 0.654. The Morgan fingerprint density at radius 3 is 2.43 bits per heavy atom. The van der Waals surface area contributed by atoms with Crippen LogP contribution in [0.4, 0.5) is 23.2 Å². The first kappa shape index (κ1) is 16.1. The van der Waals surface area contributed by atoms with Crippen LogP contribution in [0.15, 0.2) is 40.9 Å². The van der Waals surface area contributed by atoms with Gasteiger partial charge in [0.25, 0.3) is 0 Å². The first-order valence-electron chi connectivity index (χ1n) is 5.82. The van der Waals surface area contributed by atoms with Crippen LogP contribution in [-0.4, -0.2) is 0 Å². The largest absolute Gasteiger partial charge is 0.416 e. The average molecular weight is 383 g/mol. The smallest absolute Gasteiger partial charge is 0.380 e. The number of anilines is 1. The fourth-order valence-corrected chi connectivity index (χ4v) is 2.21. The SMILES string of the molecule is Fc1cc(Br)ccc1CNc1cc(C(F)(F)F)ccc1Cl. The Kier molecular flexibility index (Phi) is 4.78. The van der Waals surface area contributed by atoms with Gasteiger partial charge >= 0.3 is 6.18 Å². The fourth-order valence-electron chi connectivity index (χ4n) is 1.69. The third kappa shape index (κ3) is 4.11. The molecule has 1 N–H and O–H groups in total. The van der Waals surface area contributed by atoms with Crippen LogP contribution in [0.2, 0.25) is 5.02 Å². The lowest BCUT2D eigenvalue weighted by molar-refractivity contribution is -0.137. The minimum Gasteiger partial charge on any atom is -0.380 e. The van der Waals surface area contributed by atoms with Crippen LogP contribution < -0.4 is 5.32 Å². The van der Waals surface area contributed by atoms with Crippen molar-refractivity contribution in [1.82, 2.24) is 0 Å². The molecular weight excluding hydrogens is 374 g/mol. The Hall–Kier alpha value is -1.27. The fraction of sp³-hybridized carbons (Fsp3) is 0.143. The summed E-state index contributed by atoms with van der Waals surface area (Å²) in [6, 6.07) is 7.42. The maximum absolute atomic E-state index is 13.6. The van der Waals surface area contributed by atoms with Gasteiger partial charge in [-0.2, -0.15) is 13.2 Å². The van der Waals surface area contributed by atoms with E-state index < -0.39 is 17.6 Å². The second-order valence-electron chi connectivity index (χ2n) is 4.28. The van der Waals surface area contributed by atoms with E-state index in [0.717, 1.165) is 18.2 Å². The monoisotopic (exact) mass is 381 g/mol. The number of hydrogen-bond donors (Lipinski definition) is 1. The number of benzene rings is 2. The summed E-state index contributed by atoms with van der Waals surface area (Å²) in [5.41, 5.74) is -0.383. The molecule has 1 nitrogen and oxygen atoms in total. The molecule has 0 saturated heterocycles. The summed E-state index contributed by atoms with van der Waals surface area (Å²) in [4.78, 5) is 0. The molecule has 2 aromatic carbocycles. The molecule has 0 radical (unpaired) electrons. The zero-order valence-corrected chi connectivity index (χ0v) is 12.8. The summed E-state index contributed by atoms with van der Waals surface area (Å²) >= 11 is 8.98. The van der Waals surface area contributed by atoms with Gasteiger partial charge in [0, 0.05) is 16.6 Å². The average Bonchev–Trinajstić information content (AvgIpc) is 2.38. The molecule has 0 fully saturated rings. The second kappa shape index (κ2) is 6.23. The van der Waals surface area contributed by atoms with Gasteiger partial charge < -0.3 is 5.32 Å². The molecule has 0 unspecified atom stereocenters. The molecule has 112 valence electrons. The lowest BCUT2D eigenvalue weighted by atomic mass is 10.1. The summed E-state index contributed by atoms with van der Waals surface area (Å²) in [6.45, 7) is 0.0279. The van der Waals surface area contributed by atoms with Crippen LogP contribution in [0.5, 0.6) is 0 Å². The molecule has 0 bridgehead atoms. The molecule has 2 aromatic rings. The second-order valence-corrected chi connectivity index (χ2v) is 5.60. The molecule has 0 atom stereocenters. The summed E-state index contributed by atoms with van der Waals surface area (Å²) in [6.07, 6.45) is -4.45. The zero-order valence-electron chi connectivity index (χ0n) is 10.4. The molecule has 0 aliphatic carbocycles. The van der Waals surface area contributed by atoms with E-state index in [1.807, 2.05) is 0 Å². The van der Waals surface area contributed by atoms with Gasteiger partial charge in [0.05, 0.1) is 16.3 Å². The summed E-state index contributed by atoms with van der Waals surface area (Å²) in [5.74, 6) is -0.458. The number of nitrogens with one attached hydrogen (secondary N) is 1. The topological polar surface area (TPSA) is 12.0 Å². The normalized spacial score (nSPS) is 11.5. The van der Waals surface area contributed by atoms with E-state index in [9.17, 15) is 17.6 Å². The Morgan fingerprint density at radius 1 is 1.10 bits per heavy atom. The molecule has 0 aromatic heterocycles. The standard InChI is InChI=1S/C14H9BrClF4N/c15-10-3-1-8(12(17)6-10)7-21-13-5-9(14(18,19)20)2-4-11(13)16/h1-6,21H,7H2. The van der Waals surface area contributed by atoms with Crippen molar-refractivity contribution in [2.24, 2.45) is 0 Å². The third-order valence-corrected chi connectivity index (χ3v) is 3.60.